The van der Waals surface area contributed by atoms with Crippen molar-refractivity contribution in [2.45, 2.75) is 47.6 Å². The lowest BCUT2D eigenvalue weighted by molar-refractivity contribution is 0.751. The Kier molecular flexibility index (Phi) is 7.24. The van der Waals surface area contributed by atoms with E-state index in [0.29, 0.717) is 0 Å². The first-order chi connectivity index (χ1) is 14.6. The molecule has 0 aliphatic heterocycles. The van der Waals surface area contributed by atoms with Crippen LogP contribution in [0, 0.1) is 20.8 Å². The van der Waals surface area contributed by atoms with Crippen LogP contribution in [0.15, 0.2) is 79.1 Å². The molecule has 154 valence electrons. The number of hydrogen-bond donors (Lipinski definition) is 0. The van der Waals surface area contributed by atoms with E-state index in [1.54, 1.807) is 0 Å². The van der Waals surface area contributed by atoms with Crippen molar-refractivity contribution >= 4 is 0 Å². The average molecular weight is 397 g/mol. The van der Waals surface area contributed by atoms with Gasteiger partial charge in [-0.2, -0.15) is 0 Å². The Hall–Kier alpha value is -3.13. The van der Waals surface area contributed by atoms with Crippen LogP contribution in [0.25, 0.3) is 11.1 Å². The second-order valence-corrected chi connectivity index (χ2v) is 7.64. The molecular formula is C28H32N2. The molecule has 1 aromatic heterocycles. The summed E-state index contributed by atoms with van der Waals surface area (Å²) in [6, 6.07) is 26.3. The van der Waals surface area contributed by atoms with Gasteiger partial charge in [-0.25, -0.2) is 4.98 Å². The first-order valence-electron chi connectivity index (χ1n) is 10.8. The zero-order chi connectivity index (χ0) is 21.5. The van der Waals surface area contributed by atoms with Gasteiger partial charge in [0.25, 0.3) is 0 Å². The number of aryl methyl sites for hydroxylation is 3. The highest BCUT2D eigenvalue weighted by Gasteiger charge is 2.09. The van der Waals surface area contributed by atoms with Crippen LogP contribution < -0.4 is 0 Å². The van der Waals surface area contributed by atoms with E-state index >= 15 is 0 Å². The lowest BCUT2D eigenvalue weighted by Crippen LogP contribution is -2.05. The smallest absolute Gasteiger partial charge is 0.0954 e. The lowest BCUT2D eigenvalue weighted by Gasteiger charge is -2.11. The quantitative estimate of drug-likeness (QED) is 0.350. The summed E-state index contributed by atoms with van der Waals surface area (Å²) in [5.41, 5.74) is 10.1. The number of imidazole rings is 1. The van der Waals surface area contributed by atoms with E-state index in [1.165, 1.54) is 39.1 Å². The van der Waals surface area contributed by atoms with Gasteiger partial charge in [0.15, 0.2) is 0 Å². The van der Waals surface area contributed by atoms with E-state index in [2.05, 4.69) is 103 Å². The topological polar surface area (TPSA) is 17.8 Å². The zero-order valence-electron chi connectivity index (χ0n) is 18.8. The van der Waals surface area contributed by atoms with Crippen LogP contribution in [-0.4, -0.2) is 9.55 Å². The molecule has 2 nitrogen and oxygen atoms in total. The minimum atomic E-state index is 0.843. The van der Waals surface area contributed by atoms with Crippen molar-refractivity contribution < 1.29 is 0 Å². The monoisotopic (exact) mass is 396 g/mol. The Morgan fingerprint density at radius 2 is 1.37 bits per heavy atom. The summed E-state index contributed by atoms with van der Waals surface area (Å²) >= 11 is 0. The van der Waals surface area contributed by atoms with Crippen molar-refractivity contribution in [1.29, 1.82) is 0 Å². The fourth-order valence-corrected chi connectivity index (χ4v) is 3.71. The van der Waals surface area contributed by atoms with Gasteiger partial charge < -0.3 is 4.57 Å². The van der Waals surface area contributed by atoms with E-state index in [9.17, 15) is 0 Å². The molecule has 0 radical (unpaired) electrons. The molecule has 1 heterocycles. The summed E-state index contributed by atoms with van der Waals surface area (Å²) in [4.78, 5) is 4.57. The van der Waals surface area contributed by atoms with Gasteiger partial charge in [-0.05, 0) is 43.0 Å². The summed E-state index contributed by atoms with van der Waals surface area (Å²) in [6.45, 7) is 11.2. The molecule has 0 atom stereocenters. The first kappa shape index (κ1) is 21.6. The van der Waals surface area contributed by atoms with Crippen molar-refractivity contribution in [3.63, 3.8) is 0 Å². The van der Waals surface area contributed by atoms with E-state index in [4.69, 9.17) is 0 Å². The van der Waals surface area contributed by atoms with Crippen molar-refractivity contribution in [1.82, 2.24) is 9.55 Å². The number of aromatic nitrogens is 2. The largest absolute Gasteiger partial charge is 0.330 e. The Balaban J connectivity index is 0.00000124. The highest BCUT2D eigenvalue weighted by Crippen LogP contribution is 2.22. The minimum absolute atomic E-state index is 0.843. The van der Waals surface area contributed by atoms with Crippen LogP contribution in [0.4, 0.5) is 0 Å². The normalized spacial score (nSPS) is 10.4. The minimum Gasteiger partial charge on any atom is -0.330 e. The SMILES string of the molecule is CC.Cc1cccc(Cc2c(C)ncn2Cc2ccc(-c3cccc(C)c3)cc2)c1. The van der Waals surface area contributed by atoms with Crippen molar-refractivity contribution in [3.8, 4) is 11.1 Å². The molecule has 4 rings (SSSR count). The zero-order valence-corrected chi connectivity index (χ0v) is 18.8. The maximum atomic E-state index is 4.57. The predicted molar refractivity (Wildman–Crippen MR) is 128 cm³/mol. The molecule has 4 aromatic rings. The van der Waals surface area contributed by atoms with E-state index in [0.717, 1.165) is 18.7 Å². The van der Waals surface area contributed by atoms with Crippen LogP contribution in [0.3, 0.4) is 0 Å². The maximum absolute atomic E-state index is 4.57. The molecule has 0 aliphatic carbocycles. The Bertz CT molecular complexity index is 1090. The van der Waals surface area contributed by atoms with Gasteiger partial charge in [-0.1, -0.05) is 97.8 Å². The molecule has 30 heavy (non-hydrogen) atoms. The maximum Gasteiger partial charge on any atom is 0.0954 e. The summed E-state index contributed by atoms with van der Waals surface area (Å²) < 4.78 is 2.28. The van der Waals surface area contributed by atoms with Crippen molar-refractivity contribution in [3.05, 3.63) is 113 Å². The molecule has 0 saturated heterocycles. The molecule has 0 spiro atoms. The second kappa shape index (κ2) is 10.1. The molecule has 0 saturated carbocycles. The van der Waals surface area contributed by atoms with Gasteiger partial charge >= 0.3 is 0 Å². The third-order valence-corrected chi connectivity index (χ3v) is 5.27. The fraction of sp³-hybridized carbons (Fsp3) is 0.250. The molecule has 2 heteroatoms. The molecule has 0 fully saturated rings. The number of hydrogen-bond acceptors (Lipinski definition) is 1. The average Bonchev–Trinajstić information content (AvgIpc) is 3.09. The van der Waals surface area contributed by atoms with Crippen molar-refractivity contribution in [2.75, 3.05) is 0 Å². The molecule has 0 bridgehead atoms. The van der Waals surface area contributed by atoms with Crippen molar-refractivity contribution in [2.24, 2.45) is 0 Å². The molecular weight excluding hydrogens is 364 g/mol. The van der Waals surface area contributed by atoms with Crippen LogP contribution >= 0.6 is 0 Å². The fourth-order valence-electron chi connectivity index (χ4n) is 3.71. The van der Waals surface area contributed by atoms with Gasteiger partial charge in [0.1, 0.15) is 0 Å². The van der Waals surface area contributed by atoms with Gasteiger partial charge in [0, 0.05) is 18.7 Å². The van der Waals surface area contributed by atoms with Crippen LogP contribution in [0.2, 0.25) is 0 Å². The summed E-state index contributed by atoms with van der Waals surface area (Å²) in [5.74, 6) is 0. The molecule has 0 N–H and O–H groups in total. The molecule has 0 unspecified atom stereocenters. The highest BCUT2D eigenvalue weighted by molar-refractivity contribution is 5.64. The Morgan fingerprint density at radius 1 is 0.700 bits per heavy atom. The van der Waals surface area contributed by atoms with Crippen LogP contribution in [0.1, 0.15) is 47.5 Å². The van der Waals surface area contributed by atoms with E-state index < -0.39 is 0 Å². The van der Waals surface area contributed by atoms with Crippen LogP contribution in [0.5, 0.6) is 0 Å². The molecule has 0 aliphatic rings. The highest BCUT2D eigenvalue weighted by atomic mass is 15.1. The molecule has 0 amide bonds. The van der Waals surface area contributed by atoms with Gasteiger partial charge in [-0.3, -0.25) is 0 Å². The Labute approximate surface area is 181 Å². The number of rotatable bonds is 5. The van der Waals surface area contributed by atoms with Crippen LogP contribution in [-0.2, 0) is 13.0 Å². The Morgan fingerprint density at radius 3 is 2.03 bits per heavy atom. The predicted octanol–water partition coefficient (Wildman–Crippen LogP) is 7.14. The third kappa shape index (κ3) is 5.27. The van der Waals surface area contributed by atoms with E-state index in [-0.39, 0.29) is 0 Å². The third-order valence-electron chi connectivity index (χ3n) is 5.27. The summed E-state index contributed by atoms with van der Waals surface area (Å²) in [6.07, 6.45) is 2.88. The number of nitrogens with zero attached hydrogens (tertiary/aromatic N) is 2. The second-order valence-electron chi connectivity index (χ2n) is 7.64. The molecule has 3 aromatic carbocycles. The lowest BCUT2D eigenvalue weighted by atomic mass is 10.0. The van der Waals surface area contributed by atoms with E-state index in [1.807, 2.05) is 20.2 Å². The van der Waals surface area contributed by atoms with Gasteiger partial charge in [0.2, 0.25) is 0 Å². The number of benzene rings is 3. The first-order valence-corrected chi connectivity index (χ1v) is 10.8. The van der Waals surface area contributed by atoms with Gasteiger partial charge in [-0.15, -0.1) is 0 Å². The van der Waals surface area contributed by atoms with Gasteiger partial charge in [0.05, 0.1) is 12.0 Å². The summed E-state index contributed by atoms with van der Waals surface area (Å²) in [5, 5.41) is 0. The summed E-state index contributed by atoms with van der Waals surface area (Å²) in [7, 11) is 0. The standard InChI is InChI=1S/C26H26N2.C2H6/c1-19-6-4-8-23(14-19)16-26-21(3)27-18-28(26)17-22-10-12-24(13-11-22)25-9-5-7-20(2)15-25;1-2/h4-15,18H,16-17H2,1-3H3;1-2H3.